The smallest absolute Gasteiger partial charge is 0.263 e. The Balaban J connectivity index is 1.63. The van der Waals surface area contributed by atoms with Crippen molar-refractivity contribution in [3.8, 4) is 11.5 Å². The fourth-order valence-corrected chi connectivity index (χ4v) is 4.37. The number of carbonyl (C=O) groups excluding carboxylic acids is 1. The van der Waals surface area contributed by atoms with Gasteiger partial charge in [-0.2, -0.15) is 0 Å². The molecule has 196 valence electrons. The fourth-order valence-electron chi connectivity index (χ4n) is 3.38. The standard InChI is InChI=1S/C27H32N4O5S/c1-5-7-16-36-24-14-8-21(18-25(24)35-6-2)9-15-27(32)30-22-10-12-23(13-11-22)37(33,34)31-26-17-19(3)28-20(4)29-26/h8-15,17-18H,5-7,16H2,1-4H3,(H,30,32)(H,28,29,31)/b15-9+. The molecule has 3 rings (SSSR count). The van der Waals surface area contributed by atoms with Gasteiger partial charge in [0.05, 0.1) is 18.1 Å². The molecule has 0 saturated carbocycles. The number of benzene rings is 2. The number of carbonyl (C=O) groups is 1. The zero-order chi connectivity index (χ0) is 26.8. The molecule has 2 aromatic carbocycles. The van der Waals surface area contributed by atoms with E-state index >= 15 is 0 Å². The van der Waals surface area contributed by atoms with Crippen LogP contribution in [-0.2, 0) is 14.8 Å². The van der Waals surface area contributed by atoms with Gasteiger partial charge in [0, 0.05) is 23.5 Å². The lowest BCUT2D eigenvalue weighted by molar-refractivity contribution is -0.111. The fraction of sp³-hybridized carbons (Fsp3) is 0.296. The number of nitrogens with one attached hydrogen (secondary N) is 2. The van der Waals surface area contributed by atoms with Gasteiger partial charge >= 0.3 is 0 Å². The molecule has 0 atom stereocenters. The molecule has 0 saturated heterocycles. The maximum atomic E-state index is 12.7. The molecular weight excluding hydrogens is 492 g/mol. The number of hydrogen-bond donors (Lipinski definition) is 2. The third-order valence-corrected chi connectivity index (χ3v) is 6.46. The highest BCUT2D eigenvalue weighted by Crippen LogP contribution is 2.29. The van der Waals surface area contributed by atoms with E-state index in [2.05, 4.69) is 26.9 Å². The van der Waals surface area contributed by atoms with E-state index in [9.17, 15) is 13.2 Å². The summed E-state index contributed by atoms with van der Waals surface area (Å²) in [5.41, 5.74) is 1.89. The zero-order valence-corrected chi connectivity index (χ0v) is 22.3. The minimum absolute atomic E-state index is 0.0414. The van der Waals surface area contributed by atoms with Crippen molar-refractivity contribution in [1.82, 2.24) is 9.97 Å². The second-order valence-corrected chi connectivity index (χ2v) is 9.92. The molecule has 0 fully saturated rings. The molecule has 0 spiro atoms. The van der Waals surface area contributed by atoms with Crippen LogP contribution in [0.2, 0.25) is 0 Å². The molecular formula is C27H32N4O5S. The summed E-state index contributed by atoms with van der Waals surface area (Å²) in [6.07, 6.45) is 5.06. The van der Waals surface area contributed by atoms with Crippen molar-refractivity contribution < 1.29 is 22.7 Å². The van der Waals surface area contributed by atoms with E-state index < -0.39 is 10.0 Å². The van der Waals surface area contributed by atoms with E-state index in [0.717, 1.165) is 18.4 Å². The van der Waals surface area contributed by atoms with Crippen molar-refractivity contribution in [2.45, 2.75) is 45.4 Å². The number of anilines is 2. The second kappa shape index (κ2) is 12.9. The number of amides is 1. The third-order valence-electron chi connectivity index (χ3n) is 5.09. The van der Waals surface area contributed by atoms with Crippen LogP contribution in [0.1, 0.15) is 43.8 Å². The Hall–Kier alpha value is -3.92. The summed E-state index contributed by atoms with van der Waals surface area (Å²) in [4.78, 5) is 20.7. The first kappa shape index (κ1) is 27.7. The first-order valence-electron chi connectivity index (χ1n) is 12.0. The average Bonchev–Trinajstić information content (AvgIpc) is 2.83. The van der Waals surface area contributed by atoms with Crippen LogP contribution in [0.4, 0.5) is 11.5 Å². The summed E-state index contributed by atoms with van der Waals surface area (Å²) in [7, 11) is -3.85. The van der Waals surface area contributed by atoms with Crippen LogP contribution in [0.3, 0.4) is 0 Å². The summed E-state index contributed by atoms with van der Waals surface area (Å²) >= 11 is 0. The number of aryl methyl sites for hydroxylation is 2. The van der Waals surface area contributed by atoms with Gasteiger partial charge in [0.25, 0.3) is 10.0 Å². The minimum Gasteiger partial charge on any atom is -0.490 e. The highest BCUT2D eigenvalue weighted by Gasteiger charge is 2.15. The van der Waals surface area contributed by atoms with Gasteiger partial charge in [-0.1, -0.05) is 19.4 Å². The summed E-state index contributed by atoms with van der Waals surface area (Å²) in [5, 5.41) is 2.72. The van der Waals surface area contributed by atoms with Gasteiger partial charge in [-0.05, 0) is 75.2 Å². The minimum atomic E-state index is -3.85. The van der Waals surface area contributed by atoms with Gasteiger partial charge in [0.2, 0.25) is 5.91 Å². The van der Waals surface area contributed by atoms with Crippen LogP contribution in [0.25, 0.3) is 6.08 Å². The monoisotopic (exact) mass is 524 g/mol. The molecule has 3 aromatic rings. The van der Waals surface area contributed by atoms with E-state index in [1.807, 2.05) is 25.1 Å². The first-order valence-corrected chi connectivity index (χ1v) is 13.5. The Morgan fingerprint density at radius 3 is 2.41 bits per heavy atom. The predicted molar refractivity (Wildman–Crippen MR) is 144 cm³/mol. The molecule has 10 heteroatoms. The molecule has 0 unspecified atom stereocenters. The van der Waals surface area contributed by atoms with Crippen molar-refractivity contribution in [3.05, 3.63) is 71.7 Å². The normalized spacial score (nSPS) is 11.4. The Morgan fingerprint density at radius 2 is 1.73 bits per heavy atom. The maximum Gasteiger partial charge on any atom is 0.263 e. The van der Waals surface area contributed by atoms with Gasteiger partial charge < -0.3 is 14.8 Å². The van der Waals surface area contributed by atoms with Crippen LogP contribution in [0.5, 0.6) is 11.5 Å². The number of hydrogen-bond acceptors (Lipinski definition) is 7. The Bertz CT molecular complexity index is 1340. The molecule has 2 N–H and O–H groups in total. The van der Waals surface area contributed by atoms with Gasteiger partial charge in [-0.3, -0.25) is 9.52 Å². The van der Waals surface area contributed by atoms with Crippen LogP contribution in [-0.4, -0.2) is 37.5 Å². The van der Waals surface area contributed by atoms with E-state index in [-0.39, 0.29) is 16.6 Å². The quantitative estimate of drug-likeness (QED) is 0.249. The molecule has 37 heavy (non-hydrogen) atoms. The predicted octanol–water partition coefficient (Wildman–Crippen LogP) is 5.12. The number of ether oxygens (including phenoxy) is 2. The summed E-state index contributed by atoms with van der Waals surface area (Å²) < 4.78 is 39.3. The number of sulfonamides is 1. The topological polar surface area (TPSA) is 120 Å². The lowest BCUT2D eigenvalue weighted by atomic mass is 10.2. The number of nitrogens with zero attached hydrogens (tertiary/aromatic N) is 2. The average molecular weight is 525 g/mol. The van der Waals surface area contributed by atoms with E-state index in [1.54, 1.807) is 26.0 Å². The number of rotatable bonds is 12. The number of unbranched alkanes of at least 4 members (excludes halogenated alkanes) is 1. The lowest BCUT2D eigenvalue weighted by Gasteiger charge is -2.12. The Morgan fingerprint density at radius 1 is 0.973 bits per heavy atom. The molecule has 0 aliphatic carbocycles. The van der Waals surface area contributed by atoms with Gasteiger partial charge in [0.15, 0.2) is 11.5 Å². The van der Waals surface area contributed by atoms with Crippen LogP contribution in [0, 0.1) is 13.8 Å². The maximum absolute atomic E-state index is 12.7. The summed E-state index contributed by atoms with van der Waals surface area (Å²) in [5.74, 6) is 1.60. The second-order valence-electron chi connectivity index (χ2n) is 8.24. The zero-order valence-electron chi connectivity index (χ0n) is 21.4. The van der Waals surface area contributed by atoms with Crippen LogP contribution >= 0.6 is 0 Å². The van der Waals surface area contributed by atoms with E-state index in [0.29, 0.717) is 41.9 Å². The van der Waals surface area contributed by atoms with Crippen molar-refractivity contribution >= 4 is 33.5 Å². The van der Waals surface area contributed by atoms with Crippen LogP contribution in [0.15, 0.2) is 59.5 Å². The Kier molecular flexibility index (Phi) is 9.62. The van der Waals surface area contributed by atoms with Crippen molar-refractivity contribution in [2.75, 3.05) is 23.3 Å². The highest BCUT2D eigenvalue weighted by molar-refractivity contribution is 7.92. The molecule has 1 amide bonds. The molecule has 0 aliphatic heterocycles. The van der Waals surface area contributed by atoms with Crippen molar-refractivity contribution in [1.29, 1.82) is 0 Å². The van der Waals surface area contributed by atoms with E-state index in [1.165, 1.54) is 30.3 Å². The largest absolute Gasteiger partial charge is 0.490 e. The molecule has 0 bridgehead atoms. The van der Waals surface area contributed by atoms with Gasteiger partial charge in [0.1, 0.15) is 11.6 Å². The van der Waals surface area contributed by atoms with E-state index in [4.69, 9.17) is 9.47 Å². The summed E-state index contributed by atoms with van der Waals surface area (Å²) in [6, 6.07) is 12.9. The molecule has 1 aromatic heterocycles. The Labute approximate surface area is 218 Å². The SMILES string of the molecule is CCCCOc1ccc(/C=C/C(=O)Nc2ccc(S(=O)(=O)Nc3cc(C)nc(C)n3)cc2)cc1OCC. The number of aromatic nitrogens is 2. The van der Waals surface area contributed by atoms with Gasteiger partial charge in [-0.15, -0.1) is 0 Å². The van der Waals surface area contributed by atoms with Crippen molar-refractivity contribution in [2.24, 2.45) is 0 Å². The summed E-state index contributed by atoms with van der Waals surface area (Å²) in [6.45, 7) is 8.56. The molecule has 0 aliphatic rings. The highest BCUT2D eigenvalue weighted by atomic mass is 32.2. The molecule has 1 heterocycles. The van der Waals surface area contributed by atoms with Gasteiger partial charge in [-0.25, -0.2) is 18.4 Å². The third kappa shape index (κ3) is 8.32. The first-order chi connectivity index (χ1) is 17.7. The molecule has 9 nitrogen and oxygen atoms in total. The lowest BCUT2D eigenvalue weighted by Crippen LogP contribution is -2.15. The van der Waals surface area contributed by atoms with Crippen molar-refractivity contribution in [3.63, 3.8) is 0 Å². The molecule has 0 radical (unpaired) electrons. The van der Waals surface area contributed by atoms with Crippen LogP contribution < -0.4 is 19.5 Å².